The molecule has 14 nitrogen and oxygen atoms in total. The van der Waals surface area contributed by atoms with E-state index in [1.165, 1.54) is 0 Å². The van der Waals surface area contributed by atoms with Gasteiger partial charge in [-0.3, -0.25) is 0 Å². The second kappa shape index (κ2) is 35.8. The van der Waals surface area contributed by atoms with Gasteiger partial charge >= 0.3 is 7.12 Å². The number of rotatable bonds is 12. The Morgan fingerprint density at radius 3 is 0.748 bits per heavy atom. The molecule has 616 valence electrons. The smallest absolute Gasteiger partial charge is 0.454 e. The summed E-state index contributed by atoms with van der Waals surface area (Å²) in [6, 6.07) is 113. The zero-order valence-electron chi connectivity index (χ0n) is 68.2. The molecule has 0 unspecified atom stereocenters. The van der Waals surface area contributed by atoms with Gasteiger partial charge < -0.3 is 22.6 Å². The molecule has 1 saturated heterocycles. The Labute approximate surface area is 769 Å². The molecule has 6 aromatic heterocycles. The summed E-state index contributed by atoms with van der Waals surface area (Å²) in [5.74, 6) is 5.67. The molecule has 1 fully saturated rings. The lowest BCUT2D eigenvalue weighted by atomic mass is 9.79. The number of aromatic nitrogens is 9. The second-order valence-electron chi connectivity index (χ2n) is 31.0. The van der Waals surface area contributed by atoms with Gasteiger partial charge in [-0.1, -0.05) is 371 Å². The first kappa shape index (κ1) is 83.5. The van der Waals surface area contributed by atoms with E-state index in [0.717, 1.165) is 131 Å². The molecule has 1 aliphatic heterocycles. The maximum atomic E-state index is 6.44. The number of nitrogens with zero attached hydrogens (tertiary/aromatic N) is 9. The van der Waals surface area contributed by atoms with Crippen LogP contribution in [0.5, 0.6) is 0 Å². The fourth-order valence-electron chi connectivity index (χ4n) is 15.2. The van der Waals surface area contributed by atoms with E-state index in [2.05, 4.69) is 80.0 Å². The molecule has 0 bridgehead atoms. The summed E-state index contributed by atoms with van der Waals surface area (Å²) < 4.78 is 31.2. The Morgan fingerprint density at radius 2 is 0.472 bits per heavy atom. The third-order valence-corrected chi connectivity index (χ3v) is 24.4. The molecule has 0 radical (unpaired) electrons. The molecule has 0 atom stereocenters. The minimum atomic E-state index is -0.401. The molecule has 0 amide bonds. The van der Waals surface area contributed by atoms with Crippen LogP contribution in [0, 0.1) is 0 Å². The number of fused-ring (bicyclic) bond motifs is 9. The highest BCUT2D eigenvalue weighted by Gasteiger charge is 2.51. The van der Waals surface area contributed by atoms with Crippen molar-refractivity contribution < 1.29 is 22.6 Å². The second-order valence-corrected chi connectivity index (χ2v) is 34.4. The molecule has 0 aliphatic carbocycles. The molecule has 21 aromatic rings. The number of hydrogen-bond acceptors (Lipinski definition) is 14. The monoisotopic (exact) mass is 1840 g/mol. The van der Waals surface area contributed by atoms with Gasteiger partial charge in [0.2, 0.25) is 0 Å². The van der Waals surface area contributed by atoms with Crippen LogP contribution in [0.25, 0.3) is 191 Å². The summed E-state index contributed by atoms with van der Waals surface area (Å²) in [4.78, 5) is 43.2. The lowest BCUT2D eigenvalue weighted by Crippen LogP contribution is -2.41. The third kappa shape index (κ3) is 17.5. The average Bonchev–Trinajstić information content (AvgIpc) is 1.62. The lowest BCUT2D eigenvalue weighted by molar-refractivity contribution is 0.00578. The van der Waals surface area contributed by atoms with Gasteiger partial charge in [-0.15, -0.1) is 0 Å². The highest BCUT2D eigenvalue weighted by atomic mass is 79.9. The van der Waals surface area contributed by atoms with Crippen LogP contribution < -0.4 is 5.46 Å². The van der Waals surface area contributed by atoms with Crippen molar-refractivity contribution in [2.24, 2.45) is 0 Å². The molecule has 15 aromatic carbocycles. The minimum absolute atomic E-state index is 0.375. The van der Waals surface area contributed by atoms with Crippen molar-refractivity contribution in [2.45, 2.75) is 38.9 Å². The topological polar surface area (TPSA) is 174 Å². The van der Waals surface area contributed by atoms with E-state index in [9.17, 15) is 0 Å². The van der Waals surface area contributed by atoms with Crippen LogP contribution in [0.2, 0.25) is 30.1 Å². The maximum Gasteiger partial charge on any atom is 0.494 e. The molecular formula is C105H69BBrCl6N9O5. The molecule has 0 spiro atoms. The van der Waals surface area contributed by atoms with Crippen LogP contribution in [0.15, 0.2) is 364 Å². The summed E-state index contributed by atoms with van der Waals surface area (Å²) >= 11 is 41.1. The van der Waals surface area contributed by atoms with Crippen molar-refractivity contribution in [2.75, 3.05) is 0 Å². The Morgan fingerprint density at radius 1 is 0.244 bits per heavy atom. The Bertz CT molecular complexity index is 7180. The van der Waals surface area contributed by atoms with E-state index in [1.54, 1.807) is 18.2 Å². The molecule has 22 rings (SSSR count). The quantitative estimate of drug-likeness (QED) is 0.106. The maximum absolute atomic E-state index is 6.44. The third-order valence-electron chi connectivity index (χ3n) is 22.2. The zero-order valence-corrected chi connectivity index (χ0v) is 74.3. The van der Waals surface area contributed by atoms with Crippen molar-refractivity contribution in [3.8, 4) is 125 Å². The van der Waals surface area contributed by atoms with Gasteiger partial charge in [0.1, 0.15) is 16.7 Å². The minimum Gasteiger partial charge on any atom is -0.454 e. The number of halogens is 7. The van der Waals surface area contributed by atoms with Gasteiger partial charge in [0.05, 0.1) is 26.3 Å². The highest BCUT2D eigenvalue weighted by Crippen LogP contribution is 2.46. The van der Waals surface area contributed by atoms with Crippen molar-refractivity contribution in [1.82, 2.24) is 44.9 Å². The first-order valence-electron chi connectivity index (χ1n) is 40.6. The Hall–Kier alpha value is -13.1. The standard InChI is InChI=1S/2C33H19Cl2N3O.C27H26BN3O2.C12H5BrCl2O/c2*34-24-18-26-29-25(12-7-13-28(29)39-30(26)27(35)19-24)20-14-16-23(17-15-20)33-37-31(21-8-3-1-4-9-21)36-32(38-33)22-10-5-2-6-11-22;1-26(2)27(3,4)33-28(32-26)22-17-15-21(16-18-22)25-30-23(19-11-7-5-8-12-19)29-24(31-25)20-13-9-6-10-14-20;13-8-2-1-3-10-11(8)7-4-6(14)5-9(15)12(7)16-10/h2*1-19H;5-18H,1-4H3;1-5H. The molecule has 7 heterocycles. The van der Waals surface area contributed by atoms with Gasteiger partial charge in [-0.2, -0.15) is 0 Å². The van der Waals surface area contributed by atoms with Gasteiger partial charge in [-0.25, -0.2) is 44.9 Å². The molecule has 127 heavy (non-hydrogen) atoms. The number of benzene rings is 15. The van der Waals surface area contributed by atoms with E-state index in [0.29, 0.717) is 99.3 Å². The SMILES string of the molecule is CC1(C)OB(c2ccc(-c3nc(-c4ccccc4)nc(-c4ccccc4)n3)cc2)OC1(C)C.Clc1cc(Cl)c2oc3cccc(-c4ccc(-c5nc(-c6ccccc6)nc(-c6ccccc6)n5)cc4)c3c2c1.Clc1cc(Cl)c2oc3cccc(-c4ccc(-c5nc(-c6ccccc6)nc(-c6ccccc6)n5)cc4)c3c2c1.Clc1cc(Cl)c2oc3cccc(Br)c3c2c1. The fourth-order valence-corrected chi connectivity index (χ4v) is 17.3. The van der Waals surface area contributed by atoms with Gasteiger partial charge in [0.15, 0.2) is 69.2 Å². The number of furan rings is 3. The van der Waals surface area contributed by atoms with Crippen LogP contribution in [-0.2, 0) is 9.31 Å². The molecule has 0 N–H and O–H groups in total. The first-order chi connectivity index (χ1) is 61.8. The summed E-state index contributed by atoms with van der Waals surface area (Å²) in [5, 5.41) is 8.92. The van der Waals surface area contributed by atoms with Crippen LogP contribution in [0.4, 0.5) is 0 Å². The van der Waals surface area contributed by atoms with Crippen LogP contribution in [-0.4, -0.2) is 63.2 Å². The van der Waals surface area contributed by atoms with Crippen molar-refractivity contribution >= 4 is 164 Å². The highest BCUT2D eigenvalue weighted by molar-refractivity contribution is 9.10. The van der Waals surface area contributed by atoms with Gasteiger partial charge in [-0.05, 0) is 116 Å². The summed E-state index contributed by atoms with van der Waals surface area (Å²) in [6.45, 7) is 8.23. The molecular weight excluding hydrogens is 1770 g/mol. The summed E-state index contributed by atoms with van der Waals surface area (Å²) in [5.41, 5.74) is 16.9. The van der Waals surface area contributed by atoms with Gasteiger partial charge in [0, 0.05) is 102 Å². The average molecular weight is 1840 g/mol. The van der Waals surface area contributed by atoms with Gasteiger partial charge in [0.25, 0.3) is 0 Å². The zero-order chi connectivity index (χ0) is 87.0. The number of hydrogen-bond donors (Lipinski definition) is 0. The largest absolute Gasteiger partial charge is 0.494 e. The fraction of sp³-hybridized carbons (Fsp3) is 0.0571. The van der Waals surface area contributed by atoms with E-state index in [-0.39, 0.29) is 11.2 Å². The predicted octanol–water partition coefficient (Wildman–Crippen LogP) is 30.3. The van der Waals surface area contributed by atoms with Crippen LogP contribution in [0.1, 0.15) is 27.7 Å². The molecule has 0 saturated carbocycles. The van der Waals surface area contributed by atoms with Crippen molar-refractivity contribution in [3.05, 3.63) is 380 Å². The van der Waals surface area contributed by atoms with E-state index < -0.39 is 7.12 Å². The normalized spacial score (nSPS) is 12.7. The van der Waals surface area contributed by atoms with Crippen LogP contribution >= 0.6 is 85.5 Å². The first-order valence-corrected chi connectivity index (χ1v) is 43.7. The van der Waals surface area contributed by atoms with Crippen LogP contribution in [0.3, 0.4) is 0 Å². The van der Waals surface area contributed by atoms with E-state index in [1.807, 2.05) is 291 Å². The van der Waals surface area contributed by atoms with E-state index >= 15 is 0 Å². The molecule has 22 heteroatoms. The molecule has 1 aliphatic rings. The predicted molar refractivity (Wildman–Crippen MR) is 521 cm³/mol. The lowest BCUT2D eigenvalue weighted by Gasteiger charge is -2.32. The Balaban J connectivity index is 0.000000114. The summed E-state index contributed by atoms with van der Waals surface area (Å²) in [6.07, 6.45) is 0. The van der Waals surface area contributed by atoms with Crippen molar-refractivity contribution in [3.63, 3.8) is 0 Å². The Kier molecular flexibility index (Phi) is 23.5. The summed E-state index contributed by atoms with van der Waals surface area (Å²) in [7, 11) is -0.401. The van der Waals surface area contributed by atoms with Crippen molar-refractivity contribution in [1.29, 1.82) is 0 Å². The van der Waals surface area contributed by atoms with E-state index in [4.69, 9.17) is 137 Å².